The molecule has 0 saturated heterocycles. The lowest BCUT2D eigenvalue weighted by molar-refractivity contribution is -0.139. The largest absolute Gasteiger partial charge is 0.489 e. The van der Waals surface area contributed by atoms with Crippen LogP contribution in [0.5, 0.6) is 5.75 Å². The molecule has 4 aromatic rings. The van der Waals surface area contributed by atoms with Gasteiger partial charge in [0.15, 0.2) is 0 Å². The Morgan fingerprint density at radius 2 is 1.61 bits per heavy atom. The lowest BCUT2D eigenvalue weighted by Crippen LogP contribution is -2.24. The fourth-order valence-corrected chi connectivity index (χ4v) is 3.79. The molecule has 36 heavy (non-hydrogen) atoms. The van der Waals surface area contributed by atoms with Crippen molar-refractivity contribution in [2.45, 2.75) is 33.5 Å². The summed E-state index contributed by atoms with van der Waals surface area (Å²) in [4.78, 5) is 17.3. The highest BCUT2D eigenvalue weighted by Crippen LogP contribution is 2.20. The fraction of sp³-hybridized carbons (Fsp3) is 0.207. The average molecular weight is 484 g/mol. The zero-order chi connectivity index (χ0) is 25.3. The molecule has 0 aliphatic rings. The number of benzene rings is 3. The topological polar surface area (TPSA) is 85.9 Å². The molecule has 0 aliphatic heterocycles. The Labute approximate surface area is 210 Å². The maximum Gasteiger partial charge on any atom is 0.312 e. The third-order valence-electron chi connectivity index (χ3n) is 5.95. The summed E-state index contributed by atoms with van der Waals surface area (Å²) in [6.07, 6.45) is 2.12. The summed E-state index contributed by atoms with van der Waals surface area (Å²) in [7, 11) is 0. The molecular weight excluding hydrogens is 454 g/mol. The number of para-hydroxylation sites is 1. The number of carbonyl (C=O) groups is 1. The van der Waals surface area contributed by atoms with Crippen LogP contribution in [0.2, 0.25) is 0 Å². The monoisotopic (exact) mass is 483 g/mol. The highest BCUT2D eigenvalue weighted by Gasteiger charge is 2.22. The number of ether oxygens (including phenoxy) is 1. The molecule has 1 heterocycles. The van der Waals surface area contributed by atoms with Gasteiger partial charge in [-0.05, 0) is 55.7 Å². The number of nitrogens with zero attached hydrogens (tertiary/aromatic N) is 3. The van der Waals surface area contributed by atoms with E-state index in [2.05, 4.69) is 10.3 Å². The van der Waals surface area contributed by atoms with E-state index >= 15 is 0 Å². The Balaban J connectivity index is 1.33. The Bertz CT molecular complexity index is 1300. The molecule has 3 aromatic carbocycles. The number of aliphatic carboxylic acids is 1. The lowest BCUT2D eigenvalue weighted by Gasteiger charge is -2.13. The molecule has 184 valence electrons. The lowest BCUT2D eigenvalue weighted by atomic mass is 9.95. The maximum atomic E-state index is 11.9. The van der Waals surface area contributed by atoms with Crippen molar-refractivity contribution in [1.82, 2.24) is 9.78 Å². The van der Waals surface area contributed by atoms with Crippen molar-refractivity contribution in [3.8, 4) is 11.4 Å². The molecule has 0 amide bonds. The van der Waals surface area contributed by atoms with Crippen molar-refractivity contribution < 1.29 is 19.5 Å². The first-order chi connectivity index (χ1) is 17.5. The molecule has 7 nitrogen and oxygen atoms in total. The molecular formula is C29H29N3O4. The van der Waals surface area contributed by atoms with Crippen LogP contribution in [0.4, 0.5) is 0 Å². The first-order valence-corrected chi connectivity index (χ1v) is 11.7. The van der Waals surface area contributed by atoms with Gasteiger partial charge in [0.05, 0.1) is 17.6 Å². The molecule has 7 heteroatoms. The first-order valence-electron chi connectivity index (χ1n) is 11.7. The summed E-state index contributed by atoms with van der Waals surface area (Å²) in [5, 5.41) is 18.3. The van der Waals surface area contributed by atoms with Crippen LogP contribution in [0.3, 0.4) is 0 Å². The molecule has 0 fully saturated rings. The van der Waals surface area contributed by atoms with Gasteiger partial charge in [0.2, 0.25) is 0 Å². The van der Waals surface area contributed by atoms with E-state index in [0.29, 0.717) is 31.1 Å². The number of hydrogen-bond acceptors (Lipinski definition) is 5. The molecule has 0 radical (unpaired) electrons. The number of oxime groups is 1. The standard InChI is InChI=1S/C29H29N3O4/c1-21(31-36-19-24-9-5-3-6-10-24)28(29(33)34)17-23-13-15-27(16-14-23)35-20-25-18-30-32(22(25)2)26-11-7-4-8-12-26/h3-16,18,28H,17,19-20H2,1-2H3,(H,33,34). The van der Waals surface area contributed by atoms with Crippen LogP contribution in [-0.2, 0) is 29.3 Å². The Morgan fingerprint density at radius 1 is 0.944 bits per heavy atom. The first kappa shape index (κ1) is 24.7. The summed E-state index contributed by atoms with van der Waals surface area (Å²) < 4.78 is 7.85. The number of aromatic nitrogens is 2. The van der Waals surface area contributed by atoms with E-state index in [0.717, 1.165) is 28.1 Å². The minimum absolute atomic E-state index is 0.292. The third kappa shape index (κ3) is 6.39. The normalized spacial score (nSPS) is 12.2. The molecule has 0 saturated carbocycles. The molecule has 1 aromatic heterocycles. The van der Waals surface area contributed by atoms with E-state index in [-0.39, 0.29) is 0 Å². The van der Waals surface area contributed by atoms with Gasteiger partial charge in [-0.3, -0.25) is 4.79 Å². The van der Waals surface area contributed by atoms with Crippen molar-refractivity contribution >= 4 is 11.7 Å². The summed E-state index contributed by atoms with van der Waals surface area (Å²) in [5.41, 5.74) is 5.29. The minimum atomic E-state index is -0.939. The van der Waals surface area contributed by atoms with Crippen LogP contribution >= 0.6 is 0 Å². The van der Waals surface area contributed by atoms with Gasteiger partial charge >= 0.3 is 5.97 Å². The Hall–Kier alpha value is -4.39. The van der Waals surface area contributed by atoms with Gasteiger partial charge < -0.3 is 14.7 Å². The zero-order valence-corrected chi connectivity index (χ0v) is 20.4. The van der Waals surface area contributed by atoms with E-state index in [4.69, 9.17) is 9.57 Å². The highest BCUT2D eigenvalue weighted by molar-refractivity contribution is 6.00. The van der Waals surface area contributed by atoms with Gasteiger partial charge in [-0.15, -0.1) is 0 Å². The van der Waals surface area contributed by atoms with Crippen molar-refractivity contribution in [3.63, 3.8) is 0 Å². The van der Waals surface area contributed by atoms with Crippen LogP contribution < -0.4 is 4.74 Å². The van der Waals surface area contributed by atoms with Crippen molar-refractivity contribution in [3.05, 3.63) is 114 Å². The van der Waals surface area contributed by atoms with Gasteiger partial charge in [-0.1, -0.05) is 65.8 Å². The van der Waals surface area contributed by atoms with Crippen molar-refractivity contribution in [2.24, 2.45) is 11.1 Å². The maximum absolute atomic E-state index is 11.9. The van der Waals surface area contributed by atoms with E-state index in [1.165, 1.54) is 0 Å². The van der Waals surface area contributed by atoms with Gasteiger partial charge in [0, 0.05) is 11.3 Å². The molecule has 0 aliphatic carbocycles. The highest BCUT2D eigenvalue weighted by atomic mass is 16.6. The van der Waals surface area contributed by atoms with Crippen LogP contribution in [0.15, 0.2) is 96.3 Å². The van der Waals surface area contributed by atoms with Crippen LogP contribution in [0.1, 0.15) is 29.3 Å². The number of carboxylic acids is 1. The summed E-state index contributed by atoms with van der Waals surface area (Å²) >= 11 is 0. The predicted molar refractivity (Wildman–Crippen MR) is 138 cm³/mol. The summed E-state index contributed by atoms with van der Waals surface area (Å²) in [5.74, 6) is -1.01. The van der Waals surface area contributed by atoms with Crippen LogP contribution in [0.25, 0.3) is 5.69 Å². The Morgan fingerprint density at radius 3 is 2.28 bits per heavy atom. The molecule has 1 N–H and O–H groups in total. The van der Waals surface area contributed by atoms with Crippen LogP contribution in [-0.4, -0.2) is 26.6 Å². The van der Waals surface area contributed by atoms with E-state index < -0.39 is 11.9 Å². The number of rotatable bonds is 11. The third-order valence-corrected chi connectivity index (χ3v) is 5.95. The number of hydrogen-bond donors (Lipinski definition) is 1. The van der Waals surface area contributed by atoms with Gasteiger partial charge in [0.1, 0.15) is 24.9 Å². The van der Waals surface area contributed by atoms with Crippen molar-refractivity contribution in [2.75, 3.05) is 0 Å². The molecule has 4 rings (SSSR count). The van der Waals surface area contributed by atoms with Gasteiger partial charge in [-0.2, -0.15) is 5.10 Å². The van der Waals surface area contributed by atoms with E-state index in [1.54, 1.807) is 6.92 Å². The summed E-state index contributed by atoms with van der Waals surface area (Å²) in [6.45, 7) is 4.38. The summed E-state index contributed by atoms with van der Waals surface area (Å²) in [6, 6.07) is 27.0. The van der Waals surface area contributed by atoms with Crippen LogP contribution in [0, 0.1) is 12.8 Å². The smallest absolute Gasteiger partial charge is 0.312 e. The van der Waals surface area contributed by atoms with Gasteiger partial charge in [-0.25, -0.2) is 4.68 Å². The van der Waals surface area contributed by atoms with Gasteiger partial charge in [0.25, 0.3) is 0 Å². The molecule has 1 unspecified atom stereocenters. The molecule has 1 atom stereocenters. The number of carboxylic acid groups (broad SMARTS) is 1. The van der Waals surface area contributed by atoms with Crippen molar-refractivity contribution in [1.29, 1.82) is 0 Å². The second-order valence-corrected chi connectivity index (χ2v) is 8.52. The SMILES string of the molecule is CC(=NOCc1ccccc1)C(Cc1ccc(OCc2cnn(-c3ccccc3)c2C)cc1)C(=O)O. The molecule has 0 bridgehead atoms. The Kier molecular flexibility index (Phi) is 8.13. The minimum Gasteiger partial charge on any atom is -0.489 e. The molecule has 0 spiro atoms. The average Bonchev–Trinajstić information content (AvgIpc) is 3.27. The second-order valence-electron chi connectivity index (χ2n) is 8.52. The fourth-order valence-electron chi connectivity index (χ4n) is 3.79. The van der Waals surface area contributed by atoms with E-state index in [9.17, 15) is 9.90 Å². The quantitative estimate of drug-likeness (QED) is 0.222. The second kappa shape index (κ2) is 11.8. The zero-order valence-electron chi connectivity index (χ0n) is 20.4. The predicted octanol–water partition coefficient (Wildman–Crippen LogP) is 5.60. The van der Waals surface area contributed by atoms with E-state index in [1.807, 2.05) is 103 Å².